The van der Waals surface area contributed by atoms with Gasteiger partial charge in [-0.25, -0.2) is 4.85 Å². The van der Waals surface area contributed by atoms with E-state index in [1.807, 2.05) is 72.8 Å². The van der Waals surface area contributed by atoms with Crippen molar-refractivity contribution in [1.29, 1.82) is 5.26 Å². The maximum Gasteiger partial charge on any atom is 0.188 e. The van der Waals surface area contributed by atoms with Crippen LogP contribution in [0.5, 0.6) is 0 Å². The van der Waals surface area contributed by atoms with Crippen LogP contribution in [0.1, 0.15) is 5.56 Å². The molecule has 12 rings (SSSR count). The molecule has 0 spiro atoms. The van der Waals surface area contributed by atoms with Crippen LogP contribution in [0.25, 0.3) is 115 Å². The summed E-state index contributed by atoms with van der Waals surface area (Å²) in [5.41, 5.74) is 11.8. The molecular weight excluding hydrogens is 689 g/mol. The molecule has 6 nitrogen and oxygen atoms in total. The van der Waals surface area contributed by atoms with Crippen LogP contribution >= 0.6 is 0 Å². The van der Waals surface area contributed by atoms with E-state index < -0.39 is 0 Å². The highest BCUT2D eigenvalue weighted by molar-refractivity contribution is 6.19. The van der Waals surface area contributed by atoms with Crippen LogP contribution in [0.15, 0.2) is 167 Å². The maximum absolute atomic E-state index is 10.3. The molecule has 4 heterocycles. The first-order chi connectivity index (χ1) is 27.7. The summed E-state index contributed by atoms with van der Waals surface area (Å²) in [5, 5.41) is 19.0. The van der Waals surface area contributed by atoms with Crippen molar-refractivity contribution in [2.45, 2.75) is 0 Å². The molecule has 12 aromatic rings. The minimum Gasteiger partial charge on any atom is -0.456 e. The number of nitriles is 1. The van der Waals surface area contributed by atoms with E-state index >= 15 is 0 Å². The predicted octanol–water partition coefficient (Wildman–Crippen LogP) is 13.8. The van der Waals surface area contributed by atoms with Gasteiger partial charge in [0.2, 0.25) is 0 Å². The summed E-state index contributed by atoms with van der Waals surface area (Å²) in [6.45, 7) is 8.10. The first-order valence-corrected chi connectivity index (χ1v) is 18.4. The van der Waals surface area contributed by atoms with E-state index in [-0.39, 0.29) is 0 Å². The summed E-state index contributed by atoms with van der Waals surface area (Å²) in [6, 6.07) is 56.0. The molecule has 0 aliphatic rings. The lowest BCUT2D eigenvalue weighted by atomic mass is 9.98. The third-order valence-corrected chi connectivity index (χ3v) is 11.3. The van der Waals surface area contributed by atoms with Gasteiger partial charge in [-0.3, -0.25) is 0 Å². The summed E-state index contributed by atoms with van der Waals surface area (Å²) in [5.74, 6) is 0. The van der Waals surface area contributed by atoms with Crippen LogP contribution in [0.4, 0.5) is 5.69 Å². The van der Waals surface area contributed by atoms with Crippen LogP contribution in [0, 0.1) is 17.9 Å². The summed E-state index contributed by atoms with van der Waals surface area (Å²) >= 11 is 0. The van der Waals surface area contributed by atoms with Gasteiger partial charge in [-0.2, -0.15) is 5.26 Å². The van der Waals surface area contributed by atoms with Gasteiger partial charge in [0.25, 0.3) is 0 Å². The molecule has 6 heteroatoms. The van der Waals surface area contributed by atoms with E-state index in [2.05, 4.69) is 105 Å². The normalized spacial score (nSPS) is 11.9. The molecule has 0 amide bonds. The molecule has 258 valence electrons. The van der Waals surface area contributed by atoms with Gasteiger partial charge in [0.05, 0.1) is 51.6 Å². The fourth-order valence-electron chi connectivity index (χ4n) is 8.91. The zero-order valence-electron chi connectivity index (χ0n) is 29.6. The summed E-state index contributed by atoms with van der Waals surface area (Å²) in [6.07, 6.45) is 0. The second-order valence-electron chi connectivity index (χ2n) is 14.3. The molecule has 0 fully saturated rings. The Balaban J connectivity index is 1.20. The van der Waals surface area contributed by atoms with Crippen LogP contribution in [-0.4, -0.2) is 9.13 Å². The van der Waals surface area contributed by atoms with E-state index in [0.717, 1.165) is 110 Å². The van der Waals surface area contributed by atoms with Gasteiger partial charge in [-0.15, -0.1) is 0 Å². The number of furan rings is 2. The van der Waals surface area contributed by atoms with E-state index in [4.69, 9.17) is 15.4 Å². The Morgan fingerprint density at radius 1 is 0.429 bits per heavy atom. The number of fused-ring (bicyclic) bond motifs is 12. The lowest BCUT2D eigenvalue weighted by Crippen LogP contribution is -2.02. The van der Waals surface area contributed by atoms with Gasteiger partial charge < -0.3 is 18.0 Å². The first kappa shape index (κ1) is 30.4. The Hall–Kier alpha value is -8.06. The standard InChI is InChI=1S/C50H26N4O2/c1-52-30-19-21-44(54-42-15-7-3-11-32(42)38-25-40-34-13-5-9-17-48(34)56-50(40)27-46(38)54)36(23-30)35-22-29(28-51)18-20-43(35)53-41-14-6-2-10-31(41)37-24-39-33-12-4-8-16-47(33)55-49(39)26-45(37)53/h2-27H. The van der Waals surface area contributed by atoms with Crippen molar-refractivity contribution in [2.24, 2.45) is 0 Å². The molecular formula is C50H26N4O2. The van der Waals surface area contributed by atoms with Crippen molar-refractivity contribution in [1.82, 2.24) is 9.13 Å². The molecule has 0 aliphatic heterocycles. The van der Waals surface area contributed by atoms with E-state index in [0.29, 0.717) is 11.3 Å². The van der Waals surface area contributed by atoms with Crippen LogP contribution < -0.4 is 0 Å². The predicted molar refractivity (Wildman–Crippen MR) is 226 cm³/mol. The second kappa shape index (κ2) is 11.2. The number of nitrogens with zero attached hydrogens (tertiary/aromatic N) is 4. The Kier molecular flexibility index (Phi) is 6.10. The number of hydrogen-bond donors (Lipinski definition) is 0. The molecule has 0 saturated carbocycles. The van der Waals surface area contributed by atoms with Crippen LogP contribution in [0.2, 0.25) is 0 Å². The largest absolute Gasteiger partial charge is 0.456 e. The molecule has 56 heavy (non-hydrogen) atoms. The highest BCUT2D eigenvalue weighted by Crippen LogP contribution is 2.45. The highest BCUT2D eigenvalue weighted by atomic mass is 16.3. The molecule has 0 saturated heterocycles. The van der Waals surface area contributed by atoms with Gasteiger partial charge in [0.1, 0.15) is 22.3 Å². The molecule has 4 aromatic heterocycles. The van der Waals surface area contributed by atoms with Crippen molar-refractivity contribution in [3.8, 4) is 28.6 Å². The van der Waals surface area contributed by atoms with Gasteiger partial charge >= 0.3 is 0 Å². The van der Waals surface area contributed by atoms with Gasteiger partial charge in [0, 0.05) is 60.8 Å². The van der Waals surface area contributed by atoms with Crippen LogP contribution in [0.3, 0.4) is 0 Å². The van der Waals surface area contributed by atoms with E-state index in [9.17, 15) is 5.26 Å². The SMILES string of the molecule is [C-]#[N+]c1ccc(-n2c3ccccc3c3cc4c(cc32)oc2ccccc24)c(-c2cc(C#N)ccc2-n2c3ccccc3c3cc4c(cc32)oc2ccccc24)c1. The van der Waals surface area contributed by atoms with Gasteiger partial charge in [-0.05, 0) is 72.3 Å². The minimum atomic E-state index is 0.503. The Bertz CT molecular complexity index is 3500. The number of rotatable bonds is 3. The quantitative estimate of drug-likeness (QED) is 0.171. The van der Waals surface area contributed by atoms with E-state index in [1.54, 1.807) is 0 Å². The maximum atomic E-state index is 10.3. The Morgan fingerprint density at radius 2 is 0.911 bits per heavy atom. The van der Waals surface area contributed by atoms with Crippen molar-refractivity contribution in [3.05, 3.63) is 175 Å². The summed E-state index contributed by atoms with van der Waals surface area (Å²) < 4.78 is 17.4. The van der Waals surface area contributed by atoms with Gasteiger partial charge in [-0.1, -0.05) is 78.9 Å². The van der Waals surface area contributed by atoms with Crippen molar-refractivity contribution < 1.29 is 8.83 Å². The molecule has 0 bridgehead atoms. The molecule has 0 atom stereocenters. The summed E-state index contributed by atoms with van der Waals surface area (Å²) in [7, 11) is 0. The number of para-hydroxylation sites is 4. The molecule has 0 N–H and O–H groups in total. The fraction of sp³-hybridized carbons (Fsp3) is 0. The van der Waals surface area contributed by atoms with E-state index in [1.165, 1.54) is 0 Å². The smallest absolute Gasteiger partial charge is 0.188 e. The van der Waals surface area contributed by atoms with Crippen LogP contribution in [-0.2, 0) is 0 Å². The third kappa shape index (κ3) is 4.13. The second-order valence-corrected chi connectivity index (χ2v) is 14.3. The van der Waals surface area contributed by atoms with Crippen molar-refractivity contribution in [2.75, 3.05) is 0 Å². The molecule has 0 radical (unpaired) electrons. The Morgan fingerprint density at radius 3 is 1.45 bits per heavy atom. The lowest BCUT2D eigenvalue weighted by molar-refractivity contribution is 0.669. The topological polar surface area (TPSA) is 64.3 Å². The van der Waals surface area contributed by atoms with Crippen molar-refractivity contribution >= 4 is 93.2 Å². The number of hydrogen-bond acceptors (Lipinski definition) is 3. The molecule has 0 unspecified atom stereocenters. The number of benzene rings is 8. The lowest BCUT2D eigenvalue weighted by Gasteiger charge is -2.19. The highest BCUT2D eigenvalue weighted by Gasteiger charge is 2.23. The minimum absolute atomic E-state index is 0.503. The molecule has 0 aliphatic carbocycles. The zero-order valence-corrected chi connectivity index (χ0v) is 29.6. The third-order valence-electron chi connectivity index (χ3n) is 11.3. The summed E-state index contributed by atoms with van der Waals surface area (Å²) in [4.78, 5) is 3.90. The molecule has 8 aromatic carbocycles. The average molecular weight is 715 g/mol. The van der Waals surface area contributed by atoms with Crippen molar-refractivity contribution in [3.63, 3.8) is 0 Å². The number of aromatic nitrogens is 2. The van der Waals surface area contributed by atoms with Gasteiger partial charge in [0.15, 0.2) is 5.69 Å². The average Bonchev–Trinajstić information content (AvgIpc) is 3.99. The monoisotopic (exact) mass is 714 g/mol. The zero-order chi connectivity index (χ0) is 37.1. The first-order valence-electron chi connectivity index (χ1n) is 18.4. The fourth-order valence-corrected chi connectivity index (χ4v) is 8.91. The Labute approximate surface area is 318 Å².